The highest BCUT2D eigenvalue weighted by molar-refractivity contribution is 9.10. The Labute approximate surface area is 168 Å². The largest absolute Gasteiger partial charge is 0.273 e. The Kier molecular flexibility index (Phi) is 4.17. The van der Waals surface area contributed by atoms with E-state index in [0.717, 1.165) is 14.9 Å². The predicted octanol–water partition coefficient (Wildman–Crippen LogP) is 5.21. The molecule has 0 radical (unpaired) electrons. The molecule has 132 valence electrons. The zero-order valence-corrected chi connectivity index (χ0v) is 16.6. The lowest BCUT2D eigenvalue weighted by atomic mass is 9.82. The summed E-state index contributed by atoms with van der Waals surface area (Å²) in [5.74, 6) is -1.48. The number of fused-ring (bicyclic) bond motifs is 1. The van der Waals surface area contributed by atoms with Gasteiger partial charge in [0, 0.05) is 14.5 Å². The molecule has 0 bridgehead atoms. The van der Waals surface area contributed by atoms with Crippen molar-refractivity contribution in [2.45, 2.75) is 18.5 Å². The first-order chi connectivity index (χ1) is 12.3. The molecule has 8 heteroatoms. The van der Waals surface area contributed by atoms with Crippen molar-refractivity contribution < 1.29 is 9.59 Å². The van der Waals surface area contributed by atoms with Gasteiger partial charge >= 0.3 is 0 Å². The van der Waals surface area contributed by atoms with Gasteiger partial charge in [0.25, 0.3) is 5.91 Å². The standard InChI is InChI=1S/C18H12BrCl2N3O2/c1-18-14(15(22-23-18)9-2-4-10(19)5-3-9)16(25)24(17(18)26)13-7-11(20)6-12(21)8-13/h2-8,14-15H,1H3. The molecule has 26 heavy (non-hydrogen) atoms. The van der Waals surface area contributed by atoms with Crippen molar-refractivity contribution in [3.05, 3.63) is 62.5 Å². The molecule has 1 fully saturated rings. The van der Waals surface area contributed by atoms with Crippen molar-refractivity contribution in [2.24, 2.45) is 16.1 Å². The van der Waals surface area contributed by atoms with Crippen LogP contribution in [0.3, 0.4) is 0 Å². The quantitative estimate of drug-likeness (QED) is 0.587. The highest BCUT2D eigenvalue weighted by Gasteiger charge is 2.63. The van der Waals surface area contributed by atoms with Gasteiger partial charge in [0.1, 0.15) is 12.0 Å². The van der Waals surface area contributed by atoms with Gasteiger partial charge in [-0.05, 0) is 42.8 Å². The van der Waals surface area contributed by atoms with E-state index in [2.05, 4.69) is 26.2 Å². The Balaban J connectivity index is 1.77. The molecule has 2 aromatic carbocycles. The number of carbonyl (C=O) groups excluding carboxylic acids is 2. The summed E-state index contributed by atoms with van der Waals surface area (Å²) in [7, 11) is 0. The molecule has 3 atom stereocenters. The van der Waals surface area contributed by atoms with E-state index in [-0.39, 0.29) is 5.91 Å². The molecule has 2 amide bonds. The second-order valence-corrected chi connectivity index (χ2v) is 8.23. The van der Waals surface area contributed by atoms with Gasteiger partial charge in [-0.15, -0.1) is 0 Å². The van der Waals surface area contributed by atoms with Crippen LogP contribution in [0.2, 0.25) is 10.0 Å². The molecule has 1 saturated heterocycles. The highest BCUT2D eigenvalue weighted by Crippen LogP contribution is 2.50. The van der Waals surface area contributed by atoms with Gasteiger partial charge in [-0.1, -0.05) is 51.3 Å². The molecular formula is C18H12BrCl2N3O2. The van der Waals surface area contributed by atoms with E-state index in [4.69, 9.17) is 23.2 Å². The van der Waals surface area contributed by atoms with E-state index < -0.39 is 23.4 Å². The summed E-state index contributed by atoms with van der Waals surface area (Å²) in [5, 5.41) is 9.14. The van der Waals surface area contributed by atoms with Gasteiger partial charge in [0.05, 0.1) is 5.69 Å². The van der Waals surface area contributed by atoms with Crippen LogP contribution in [-0.2, 0) is 9.59 Å². The lowest BCUT2D eigenvalue weighted by Crippen LogP contribution is -2.37. The van der Waals surface area contributed by atoms with Gasteiger partial charge in [-0.3, -0.25) is 9.59 Å². The van der Waals surface area contributed by atoms with Crippen LogP contribution in [0.1, 0.15) is 18.5 Å². The maximum atomic E-state index is 13.2. The molecule has 3 unspecified atom stereocenters. The molecule has 2 heterocycles. The van der Waals surface area contributed by atoms with Crippen LogP contribution in [0.15, 0.2) is 57.2 Å². The molecule has 2 aliphatic rings. The molecule has 0 spiro atoms. The lowest BCUT2D eigenvalue weighted by Gasteiger charge is -2.18. The van der Waals surface area contributed by atoms with Crippen LogP contribution < -0.4 is 4.90 Å². The molecule has 5 nitrogen and oxygen atoms in total. The summed E-state index contributed by atoms with van der Waals surface area (Å²) in [6, 6.07) is 11.6. The predicted molar refractivity (Wildman–Crippen MR) is 103 cm³/mol. The number of carbonyl (C=O) groups is 2. The zero-order valence-electron chi connectivity index (χ0n) is 13.5. The molecule has 0 aromatic heterocycles. The summed E-state index contributed by atoms with van der Waals surface area (Å²) in [6.45, 7) is 1.65. The van der Waals surface area contributed by atoms with Crippen LogP contribution in [-0.4, -0.2) is 17.4 Å². The number of imide groups is 1. The zero-order chi connectivity index (χ0) is 18.6. The van der Waals surface area contributed by atoms with Crippen LogP contribution >= 0.6 is 39.1 Å². The van der Waals surface area contributed by atoms with E-state index in [9.17, 15) is 9.59 Å². The highest BCUT2D eigenvalue weighted by atomic mass is 79.9. The topological polar surface area (TPSA) is 62.1 Å². The van der Waals surface area contributed by atoms with E-state index in [0.29, 0.717) is 15.7 Å². The Hall–Kier alpha value is -1.76. The third kappa shape index (κ3) is 2.59. The molecule has 2 aliphatic heterocycles. The SMILES string of the molecule is CC12N=NC(c3ccc(Br)cc3)C1C(=O)N(c1cc(Cl)cc(Cl)c1)C2=O. The van der Waals surface area contributed by atoms with Crippen LogP contribution in [0.4, 0.5) is 5.69 Å². The number of azo groups is 1. The summed E-state index contributed by atoms with van der Waals surface area (Å²) < 4.78 is 0.919. The molecule has 0 N–H and O–H groups in total. The summed E-state index contributed by atoms with van der Waals surface area (Å²) in [5.41, 5.74) is -0.0560. The van der Waals surface area contributed by atoms with Crippen molar-refractivity contribution in [1.82, 2.24) is 0 Å². The van der Waals surface area contributed by atoms with Crippen LogP contribution in [0.25, 0.3) is 0 Å². The second-order valence-electron chi connectivity index (χ2n) is 6.44. The first-order valence-corrected chi connectivity index (χ1v) is 9.38. The number of hydrogen-bond acceptors (Lipinski definition) is 4. The minimum absolute atomic E-state index is 0.345. The number of amides is 2. The fraction of sp³-hybridized carbons (Fsp3) is 0.222. The summed E-state index contributed by atoms with van der Waals surface area (Å²) in [6.07, 6.45) is 0. The number of nitrogens with zero attached hydrogens (tertiary/aromatic N) is 3. The monoisotopic (exact) mass is 451 g/mol. The number of anilines is 1. The van der Waals surface area contributed by atoms with E-state index >= 15 is 0 Å². The van der Waals surface area contributed by atoms with Gasteiger partial charge in [0.15, 0.2) is 5.54 Å². The van der Waals surface area contributed by atoms with Gasteiger partial charge in [-0.25, -0.2) is 4.90 Å². The first-order valence-electron chi connectivity index (χ1n) is 7.83. The van der Waals surface area contributed by atoms with Crippen molar-refractivity contribution in [3.63, 3.8) is 0 Å². The van der Waals surface area contributed by atoms with Crippen molar-refractivity contribution >= 4 is 56.6 Å². The van der Waals surface area contributed by atoms with Gasteiger partial charge in [-0.2, -0.15) is 10.2 Å². The van der Waals surface area contributed by atoms with E-state index in [1.165, 1.54) is 0 Å². The van der Waals surface area contributed by atoms with E-state index in [1.54, 1.807) is 25.1 Å². The molecule has 0 aliphatic carbocycles. The fourth-order valence-corrected chi connectivity index (χ4v) is 4.25. The van der Waals surface area contributed by atoms with Gasteiger partial charge in [0.2, 0.25) is 5.91 Å². The first kappa shape index (κ1) is 17.6. The van der Waals surface area contributed by atoms with Crippen molar-refractivity contribution in [3.8, 4) is 0 Å². The summed E-state index contributed by atoms with van der Waals surface area (Å²) >= 11 is 15.5. The fourth-order valence-electron chi connectivity index (χ4n) is 3.47. The average Bonchev–Trinajstić information content (AvgIpc) is 3.01. The molecular weight excluding hydrogens is 441 g/mol. The normalized spacial score (nSPS) is 27.3. The summed E-state index contributed by atoms with van der Waals surface area (Å²) in [4.78, 5) is 27.3. The second kappa shape index (κ2) is 6.15. The number of benzene rings is 2. The van der Waals surface area contributed by atoms with E-state index in [1.807, 2.05) is 24.3 Å². The van der Waals surface area contributed by atoms with Crippen LogP contribution in [0, 0.1) is 5.92 Å². The average molecular weight is 453 g/mol. The Morgan fingerprint density at radius 1 is 1.08 bits per heavy atom. The third-order valence-electron chi connectivity index (χ3n) is 4.75. The van der Waals surface area contributed by atoms with Gasteiger partial charge < -0.3 is 0 Å². The third-order valence-corrected chi connectivity index (χ3v) is 5.72. The van der Waals surface area contributed by atoms with Crippen molar-refractivity contribution in [2.75, 3.05) is 4.90 Å². The Morgan fingerprint density at radius 2 is 1.69 bits per heavy atom. The minimum Gasteiger partial charge on any atom is -0.273 e. The molecule has 2 aromatic rings. The van der Waals surface area contributed by atoms with Crippen molar-refractivity contribution in [1.29, 1.82) is 0 Å². The minimum atomic E-state index is -1.23. The smallest absolute Gasteiger partial charge is 0.264 e. The lowest BCUT2D eigenvalue weighted by molar-refractivity contribution is -0.123. The van der Waals surface area contributed by atoms with Crippen LogP contribution in [0.5, 0.6) is 0 Å². The number of rotatable bonds is 2. The number of halogens is 3. The number of hydrogen-bond donors (Lipinski definition) is 0. The maximum Gasteiger partial charge on any atom is 0.264 e. The maximum absolute atomic E-state index is 13.2. The Bertz CT molecular complexity index is 943. The Morgan fingerprint density at radius 3 is 2.31 bits per heavy atom. The molecule has 4 rings (SSSR count). The molecule has 0 saturated carbocycles.